The van der Waals surface area contributed by atoms with Crippen LogP contribution in [0.4, 0.5) is 0 Å². The summed E-state index contributed by atoms with van der Waals surface area (Å²) in [5, 5.41) is 0. The summed E-state index contributed by atoms with van der Waals surface area (Å²) >= 11 is 3.56. The number of benzene rings is 1. The van der Waals surface area contributed by atoms with E-state index in [1.165, 1.54) is 10.0 Å². The van der Waals surface area contributed by atoms with E-state index in [0.717, 1.165) is 12.8 Å². The van der Waals surface area contributed by atoms with E-state index in [1.54, 1.807) is 0 Å². The van der Waals surface area contributed by atoms with E-state index < -0.39 is 0 Å². The zero-order valence-electron chi connectivity index (χ0n) is 8.83. The van der Waals surface area contributed by atoms with Crippen molar-refractivity contribution >= 4 is 15.9 Å². The largest absolute Gasteiger partial charge is 0.328 e. The van der Waals surface area contributed by atoms with Gasteiger partial charge >= 0.3 is 0 Å². The Morgan fingerprint density at radius 3 is 2.50 bits per heavy atom. The maximum absolute atomic E-state index is 5.77. The van der Waals surface area contributed by atoms with Crippen LogP contribution in [-0.4, -0.2) is 6.04 Å². The van der Waals surface area contributed by atoms with Crippen molar-refractivity contribution in [2.24, 2.45) is 11.7 Å². The lowest BCUT2D eigenvalue weighted by Gasteiger charge is -2.14. The molecule has 0 aliphatic heterocycles. The lowest BCUT2D eigenvalue weighted by molar-refractivity contribution is 0.479. The minimum atomic E-state index is 0.299. The molecule has 0 aromatic heterocycles. The van der Waals surface area contributed by atoms with Crippen molar-refractivity contribution in [1.82, 2.24) is 0 Å². The van der Waals surface area contributed by atoms with Crippen molar-refractivity contribution < 1.29 is 0 Å². The fourth-order valence-corrected chi connectivity index (χ4v) is 2.20. The normalized spacial score (nSPS) is 15.1. The summed E-state index contributed by atoms with van der Waals surface area (Å²) in [6.07, 6.45) is 2.18. The summed E-state index contributed by atoms with van der Waals surface area (Å²) in [5.41, 5.74) is 7.15. The molecule has 1 nitrogen and oxygen atoms in total. The zero-order chi connectivity index (χ0) is 10.6. The van der Waals surface area contributed by atoms with Gasteiger partial charge in [-0.2, -0.15) is 0 Å². The molecule has 0 saturated heterocycles. The molecule has 2 heteroatoms. The van der Waals surface area contributed by atoms with Gasteiger partial charge in [0.05, 0.1) is 0 Å². The van der Waals surface area contributed by atoms with Crippen molar-refractivity contribution in [3.05, 3.63) is 34.3 Å². The van der Waals surface area contributed by atoms with Crippen molar-refractivity contribution in [3.63, 3.8) is 0 Å². The highest BCUT2D eigenvalue weighted by atomic mass is 79.9. The SMILES string of the molecule is CC(N)CC(C)Cc1ccccc1Br. The summed E-state index contributed by atoms with van der Waals surface area (Å²) < 4.78 is 1.21. The Morgan fingerprint density at radius 2 is 1.93 bits per heavy atom. The van der Waals surface area contributed by atoms with Gasteiger partial charge in [0, 0.05) is 10.5 Å². The van der Waals surface area contributed by atoms with E-state index in [9.17, 15) is 0 Å². The third-order valence-electron chi connectivity index (χ3n) is 2.30. The fourth-order valence-electron chi connectivity index (χ4n) is 1.76. The third kappa shape index (κ3) is 3.81. The van der Waals surface area contributed by atoms with Gasteiger partial charge in [-0.15, -0.1) is 0 Å². The quantitative estimate of drug-likeness (QED) is 0.878. The summed E-state index contributed by atoms with van der Waals surface area (Å²) in [6.45, 7) is 4.32. The summed E-state index contributed by atoms with van der Waals surface area (Å²) in [6, 6.07) is 8.69. The molecule has 0 heterocycles. The molecule has 14 heavy (non-hydrogen) atoms. The van der Waals surface area contributed by atoms with Gasteiger partial charge in [0.2, 0.25) is 0 Å². The first-order valence-electron chi connectivity index (χ1n) is 5.08. The molecule has 78 valence electrons. The van der Waals surface area contributed by atoms with Crippen LogP contribution in [0.25, 0.3) is 0 Å². The number of rotatable bonds is 4. The van der Waals surface area contributed by atoms with Crippen LogP contribution in [0.3, 0.4) is 0 Å². The smallest absolute Gasteiger partial charge is 0.0207 e. The van der Waals surface area contributed by atoms with Crippen LogP contribution in [0.2, 0.25) is 0 Å². The first kappa shape index (κ1) is 11.7. The molecule has 0 aliphatic rings. The summed E-state index contributed by atoms with van der Waals surface area (Å²) in [7, 11) is 0. The topological polar surface area (TPSA) is 26.0 Å². The molecule has 2 unspecified atom stereocenters. The van der Waals surface area contributed by atoms with Crippen LogP contribution in [0.15, 0.2) is 28.7 Å². The fraction of sp³-hybridized carbons (Fsp3) is 0.500. The average Bonchev–Trinajstić information content (AvgIpc) is 2.07. The van der Waals surface area contributed by atoms with Gasteiger partial charge in [0.15, 0.2) is 0 Å². The monoisotopic (exact) mass is 255 g/mol. The Labute approximate surface area is 94.8 Å². The highest BCUT2D eigenvalue weighted by Crippen LogP contribution is 2.21. The molecule has 0 saturated carbocycles. The second-order valence-electron chi connectivity index (χ2n) is 4.11. The molecule has 1 aromatic carbocycles. The molecule has 1 aromatic rings. The Kier molecular flexibility index (Phi) is 4.63. The maximum Gasteiger partial charge on any atom is 0.0207 e. The van der Waals surface area contributed by atoms with Crippen LogP contribution >= 0.6 is 15.9 Å². The predicted molar refractivity (Wildman–Crippen MR) is 65.3 cm³/mol. The molecule has 0 radical (unpaired) electrons. The van der Waals surface area contributed by atoms with Gasteiger partial charge in [0.25, 0.3) is 0 Å². The van der Waals surface area contributed by atoms with Gasteiger partial charge in [-0.25, -0.2) is 0 Å². The standard InChI is InChI=1S/C12H18BrN/c1-9(7-10(2)14)8-11-5-3-4-6-12(11)13/h3-6,9-10H,7-8,14H2,1-2H3. The number of nitrogens with two attached hydrogens (primary N) is 1. The van der Waals surface area contributed by atoms with Gasteiger partial charge in [-0.1, -0.05) is 41.1 Å². The van der Waals surface area contributed by atoms with Crippen LogP contribution in [0.5, 0.6) is 0 Å². The van der Waals surface area contributed by atoms with E-state index in [-0.39, 0.29) is 0 Å². The van der Waals surface area contributed by atoms with E-state index in [2.05, 4.69) is 48.0 Å². The molecule has 0 aliphatic carbocycles. The Morgan fingerprint density at radius 1 is 1.29 bits per heavy atom. The van der Waals surface area contributed by atoms with E-state index in [1.807, 2.05) is 6.07 Å². The number of hydrogen-bond acceptors (Lipinski definition) is 1. The van der Waals surface area contributed by atoms with Gasteiger partial charge in [-0.3, -0.25) is 0 Å². The lowest BCUT2D eigenvalue weighted by atomic mass is 9.95. The van der Waals surface area contributed by atoms with E-state index in [4.69, 9.17) is 5.73 Å². The molecule has 0 fully saturated rings. The van der Waals surface area contributed by atoms with Crippen molar-refractivity contribution in [2.75, 3.05) is 0 Å². The van der Waals surface area contributed by atoms with E-state index in [0.29, 0.717) is 12.0 Å². The van der Waals surface area contributed by atoms with Gasteiger partial charge in [-0.05, 0) is 37.3 Å². The molecule has 1 rings (SSSR count). The average molecular weight is 256 g/mol. The molecule has 0 spiro atoms. The number of halogens is 1. The van der Waals surface area contributed by atoms with E-state index >= 15 is 0 Å². The van der Waals surface area contributed by atoms with Gasteiger partial charge < -0.3 is 5.73 Å². The first-order valence-corrected chi connectivity index (χ1v) is 5.88. The molecule has 2 N–H and O–H groups in total. The summed E-state index contributed by atoms with van der Waals surface area (Å²) in [4.78, 5) is 0. The van der Waals surface area contributed by atoms with Crippen molar-refractivity contribution in [3.8, 4) is 0 Å². The minimum absolute atomic E-state index is 0.299. The Bertz CT molecular complexity index is 283. The minimum Gasteiger partial charge on any atom is -0.328 e. The molecule has 0 amide bonds. The van der Waals surface area contributed by atoms with Crippen LogP contribution in [0, 0.1) is 5.92 Å². The van der Waals surface area contributed by atoms with Crippen molar-refractivity contribution in [2.45, 2.75) is 32.7 Å². The molecule has 2 atom stereocenters. The molecular formula is C12H18BrN. The second-order valence-corrected chi connectivity index (χ2v) is 4.97. The summed E-state index contributed by atoms with van der Waals surface area (Å²) in [5.74, 6) is 0.647. The maximum atomic E-state index is 5.77. The zero-order valence-corrected chi connectivity index (χ0v) is 10.4. The highest BCUT2D eigenvalue weighted by Gasteiger charge is 2.07. The Hall–Kier alpha value is -0.340. The molecule has 0 bridgehead atoms. The van der Waals surface area contributed by atoms with Crippen LogP contribution < -0.4 is 5.73 Å². The lowest BCUT2D eigenvalue weighted by Crippen LogP contribution is -2.19. The second kappa shape index (κ2) is 5.52. The molecular weight excluding hydrogens is 238 g/mol. The predicted octanol–water partition coefficient (Wildman–Crippen LogP) is 3.37. The van der Waals surface area contributed by atoms with Gasteiger partial charge in [0.1, 0.15) is 0 Å². The number of hydrogen-bond donors (Lipinski definition) is 1. The van der Waals surface area contributed by atoms with Crippen LogP contribution in [-0.2, 0) is 6.42 Å². The third-order valence-corrected chi connectivity index (χ3v) is 3.07. The van der Waals surface area contributed by atoms with Crippen molar-refractivity contribution in [1.29, 1.82) is 0 Å². The Balaban J connectivity index is 2.56. The first-order chi connectivity index (χ1) is 6.59. The van der Waals surface area contributed by atoms with Crippen LogP contribution in [0.1, 0.15) is 25.8 Å². The highest BCUT2D eigenvalue weighted by molar-refractivity contribution is 9.10.